The molecule has 1 fully saturated rings. The largest absolute Gasteiger partial charge is 0.493 e. The summed E-state index contributed by atoms with van der Waals surface area (Å²) in [6, 6.07) is 14.2. The van der Waals surface area contributed by atoms with Gasteiger partial charge in [0.1, 0.15) is 0 Å². The normalized spacial score (nSPS) is 15.2. The number of rotatable bonds is 9. The van der Waals surface area contributed by atoms with E-state index < -0.39 is 0 Å². The van der Waals surface area contributed by atoms with Crippen LogP contribution in [0.3, 0.4) is 0 Å². The molecule has 3 rings (SSSR count). The molecule has 1 aliphatic heterocycles. The van der Waals surface area contributed by atoms with Gasteiger partial charge in [0.15, 0.2) is 11.5 Å². The minimum Gasteiger partial charge on any atom is -0.493 e. The summed E-state index contributed by atoms with van der Waals surface area (Å²) in [7, 11) is 1.60. The van der Waals surface area contributed by atoms with Gasteiger partial charge in [-0.1, -0.05) is 29.8 Å². The zero-order valence-electron chi connectivity index (χ0n) is 18.6. The molecule has 1 aliphatic rings. The van der Waals surface area contributed by atoms with Gasteiger partial charge in [-0.2, -0.15) is 5.10 Å². The van der Waals surface area contributed by atoms with Crippen LogP contribution in [0.15, 0.2) is 47.6 Å². The molecule has 0 saturated carbocycles. The Hall–Kier alpha value is -2.90. The molecule has 7 heteroatoms. The summed E-state index contributed by atoms with van der Waals surface area (Å²) in [5, 5.41) is 4.08. The van der Waals surface area contributed by atoms with Crippen molar-refractivity contribution < 1.29 is 14.3 Å². The summed E-state index contributed by atoms with van der Waals surface area (Å²) in [5.41, 5.74) is 6.05. The highest BCUT2D eigenvalue weighted by Crippen LogP contribution is 2.27. The van der Waals surface area contributed by atoms with Crippen LogP contribution in [0.2, 0.25) is 0 Å². The number of carbonyl (C=O) groups excluding carboxylic acids is 1. The molecule has 0 bridgehead atoms. The number of ether oxygens (including phenoxy) is 2. The summed E-state index contributed by atoms with van der Waals surface area (Å²) >= 11 is 0. The molecule has 1 amide bonds. The van der Waals surface area contributed by atoms with Crippen molar-refractivity contribution in [1.29, 1.82) is 0 Å². The molecule has 1 heterocycles. The average Bonchev–Trinajstić information content (AvgIpc) is 2.78. The lowest BCUT2D eigenvalue weighted by molar-refractivity contribution is -0.122. The van der Waals surface area contributed by atoms with Crippen molar-refractivity contribution in [3.63, 3.8) is 0 Å². The van der Waals surface area contributed by atoms with Crippen LogP contribution in [0.4, 0.5) is 0 Å². The van der Waals surface area contributed by atoms with Crippen molar-refractivity contribution >= 4 is 12.1 Å². The Labute approximate surface area is 184 Å². The standard InChI is InChI=1S/C24H32N4O3/c1-4-31-22-10-9-21(15-23(22)30-3)16-25-26-24(29)18-28-13-11-27(12-14-28)17-20-7-5-19(2)6-8-20/h5-10,15-16H,4,11-14,17-18H2,1-3H3,(H,26,29). The van der Waals surface area contributed by atoms with Crippen LogP contribution in [-0.2, 0) is 11.3 Å². The minimum atomic E-state index is -0.110. The van der Waals surface area contributed by atoms with Crippen molar-refractivity contribution in [2.24, 2.45) is 5.10 Å². The molecule has 1 saturated heterocycles. The van der Waals surface area contributed by atoms with Crippen molar-refractivity contribution in [2.75, 3.05) is 46.4 Å². The lowest BCUT2D eigenvalue weighted by Crippen LogP contribution is -2.48. The first-order valence-electron chi connectivity index (χ1n) is 10.7. The maximum Gasteiger partial charge on any atom is 0.254 e. The molecule has 0 radical (unpaired) electrons. The molecule has 166 valence electrons. The first kappa shape index (κ1) is 22.8. The Morgan fingerprint density at radius 2 is 1.77 bits per heavy atom. The Bertz CT molecular complexity index is 875. The van der Waals surface area contributed by atoms with Gasteiger partial charge in [-0.05, 0) is 43.2 Å². The van der Waals surface area contributed by atoms with E-state index in [4.69, 9.17) is 9.47 Å². The van der Waals surface area contributed by atoms with E-state index in [9.17, 15) is 4.79 Å². The van der Waals surface area contributed by atoms with Gasteiger partial charge in [0, 0.05) is 32.7 Å². The van der Waals surface area contributed by atoms with Crippen LogP contribution in [-0.4, -0.2) is 68.4 Å². The molecule has 0 spiro atoms. The number of hydrogen-bond donors (Lipinski definition) is 1. The van der Waals surface area contributed by atoms with Gasteiger partial charge in [0.05, 0.1) is 26.5 Å². The van der Waals surface area contributed by atoms with Crippen LogP contribution in [0.5, 0.6) is 11.5 Å². The SMILES string of the molecule is CCOc1ccc(C=NNC(=O)CN2CCN(Cc3ccc(C)cc3)CC2)cc1OC. The fraction of sp³-hybridized carbons (Fsp3) is 0.417. The van der Waals surface area contributed by atoms with Gasteiger partial charge in [-0.3, -0.25) is 14.6 Å². The first-order chi connectivity index (χ1) is 15.1. The van der Waals surface area contributed by atoms with Crippen molar-refractivity contribution in [3.8, 4) is 11.5 Å². The lowest BCUT2D eigenvalue weighted by Gasteiger charge is -2.34. The monoisotopic (exact) mass is 424 g/mol. The molecule has 7 nitrogen and oxygen atoms in total. The number of hydrazone groups is 1. The summed E-state index contributed by atoms with van der Waals surface area (Å²) in [4.78, 5) is 16.8. The number of hydrogen-bond acceptors (Lipinski definition) is 6. The molecule has 0 unspecified atom stereocenters. The van der Waals surface area contributed by atoms with E-state index in [-0.39, 0.29) is 5.91 Å². The van der Waals surface area contributed by atoms with Crippen LogP contribution in [0.25, 0.3) is 0 Å². The molecule has 1 N–H and O–H groups in total. The van der Waals surface area contributed by atoms with Crippen molar-refractivity contribution in [3.05, 3.63) is 59.2 Å². The Morgan fingerprint density at radius 3 is 2.45 bits per heavy atom. The maximum absolute atomic E-state index is 12.2. The summed E-state index contributed by atoms with van der Waals surface area (Å²) < 4.78 is 10.8. The number of amides is 1. The molecule has 31 heavy (non-hydrogen) atoms. The zero-order chi connectivity index (χ0) is 22.1. The second-order valence-electron chi connectivity index (χ2n) is 7.67. The van der Waals surface area contributed by atoms with Gasteiger partial charge >= 0.3 is 0 Å². The van der Waals surface area contributed by atoms with E-state index in [0.717, 1.165) is 38.3 Å². The molecule has 2 aromatic carbocycles. The van der Waals surface area contributed by atoms with Gasteiger partial charge < -0.3 is 9.47 Å². The fourth-order valence-electron chi connectivity index (χ4n) is 3.51. The highest BCUT2D eigenvalue weighted by Gasteiger charge is 2.18. The smallest absolute Gasteiger partial charge is 0.254 e. The zero-order valence-corrected chi connectivity index (χ0v) is 18.6. The molecule has 0 aliphatic carbocycles. The molecule has 0 atom stereocenters. The third-order valence-electron chi connectivity index (χ3n) is 5.25. The topological polar surface area (TPSA) is 66.4 Å². The van der Waals surface area contributed by atoms with E-state index in [1.165, 1.54) is 11.1 Å². The Morgan fingerprint density at radius 1 is 1.06 bits per heavy atom. The summed E-state index contributed by atoms with van der Waals surface area (Å²) in [6.07, 6.45) is 1.61. The molecular weight excluding hydrogens is 392 g/mol. The number of nitrogens with zero attached hydrogens (tertiary/aromatic N) is 3. The highest BCUT2D eigenvalue weighted by atomic mass is 16.5. The predicted molar refractivity (Wildman–Crippen MR) is 123 cm³/mol. The van der Waals surface area contributed by atoms with Gasteiger partial charge in [-0.15, -0.1) is 0 Å². The quantitative estimate of drug-likeness (QED) is 0.495. The van der Waals surface area contributed by atoms with Crippen molar-refractivity contribution in [1.82, 2.24) is 15.2 Å². The van der Waals surface area contributed by atoms with Gasteiger partial charge in [-0.25, -0.2) is 5.43 Å². The molecular formula is C24H32N4O3. The second-order valence-corrected chi connectivity index (χ2v) is 7.67. The summed E-state index contributed by atoms with van der Waals surface area (Å²) in [6.45, 7) is 9.56. The van der Waals surface area contributed by atoms with E-state index in [2.05, 4.69) is 51.5 Å². The third kappa shape index (κ3) is 7.08. The number of nitrogens with one attached hydrogen (secondary N) is 1. The van der Waals surface area contributed by atoms with E-state index in [0.29, 0.717) is 24.7 Å². The van der Waals surface area contributed by atoms with Gasteiger partial charge in [0.2, 0.25) is 0 Å². The lowest BCUT2D eigenvalue weighted by atomic mass is 10.1. The van der Waals surface area contributed by atoms with E-state index >= 15 is 0 Å². The third-order valence-corrected chi connectivity index (χ3v) is 5.25. The number of piperazine rings is 1. The maximum atomic E-state index is 12.2. The number of benzene rings is 2. The van der Waals surface area contributed by atoms with Crippen LogP contribution >= 0.6 is 0 Å². The summed E-state index contributed by atoms with van der Waals surface area (Å²) in [5.74, 6) is 1.22. The average molecular weight is 425 g/mol. The highest BCUT2D eigenvalue weighted by molar-refractivity contribution is 5.83. The fourth-order valence-corrected chi connectivity index (χ4v) is 3.51. The number of methoxy groups -OCH3 is 1. The minimum absolute atomic E-state index is 0.110. The van der Waals surface area contributed by atoms with Crippen LogP contribution in [0.1, 0.15) is 23.6 Å². The van der Waals surface area contributed by atoms with E-state index in [1.807, 2.05) is 25.1 Å². The second kappa shape index (κ2) is 11.5. The van der Waals surface area contributed by atoms with Crippen molar-refractivity contribution in [2.45, 2.75) is 20.4 Å². The van der Waals surface area contributed by atoms with Gasteiger partial charge in [0.25, 0.3) is 5.91 Å². The molecule has 2 aromatic rings. The van der Waals surface area contributed by atoms with Crippen LogP contribution < -0.4 is 14.9 Å². The number of aryl methyl sites for hydroxylation is 1. The van der Waals surface area contributed by atoms with Crippen LogP contribution in [0, 0.1) is 6.92 Å². The van der Waals surface area contributed by atoms with E-state index in [1.54, 1.807) is 13.3 Å². The Balaban J connectivity index is 1.40. The Kier molecular flexibility index (Phi) is 8.44. The predicted octanol–water partition coefficient (Wildman–Crippen LogP) is 2.67. The molecule has 0 aromatic heterocycles. The number of carbonyl (C=O) groups is 1. The first-order valence-corrected chi connectivity index (χ1v) is 10.7.